The lowest BCUT2D eigenvalue weighted by atomic mass is 10.0. The Balaban J connectivity index is 1.32. The molecule has 0 bridgehead atoms. The average molecular weight is 571 g/mol. The zero-order chi connectivity index (χ0) is 30.3. The van der Waals surface area contributed by atoms with Crippen molar-refractivity contribution in [3.8, 4) is 35.2 Å². The van der Waals surface area contributed by atoms with E-state index in [-0.39, 0.29) is 5.97 Å². The molecule has 43 heavy (non-hydrogen) atoms. The minimum absolute atomic E-state index is 0.363. The van der Waals surface area contributed by atoms with Crippen LogP contribution in [0.3, 0.4) is 0 Å². The molecule has 218 valence electrons. The monoisotopic (exact) mass is 570 g/mol. The number of carbonyl (C=O) groups is 1. The average Bonchev–Trinajstić information content (AvgIpc) is 3.04. The van der Waals surface area contributed by atoms with Gasteiger partial charge in [0.1, 0.15) is 11.5 Å². The van der Waals surface area contributed by atoms with E-state index in [0.717, 1.165) is 76.6 Å². The van der Waals surface area contributed by atoms with Gasteiger partial charge in [-0.2, -0.15) is 0 Å². The number of unbranched alkanes of at least 4 members (excludes halogenated alkanes) is 3. The Labute approximate surface area is 255 Å². The van der Waals surface area contributed by atoms with Crippen LogP contribution in [0.2, 0.25) is 0 Å². The van der Waals surface area contributed by atoms with Gasteiger partial charge in [-0.25, -0.2) is 4.79 Å². The highest BCUT2D eigenvalue weighted by atomic mass is 16.5. The molecule has 0 aliphatic rings. The lowest BCUT2D eigenvalue weighted by Gasteiger charge is -2.08. The van der Waals surface area contributed by atoms with Crippen LogP contribution in [0.1, 0.15) is 67.3 Å². The first-order chi connectivity index (χ1) is 21.1. The number of hydrogen-bond acceptors (Lipinski definition) is 4. The van der Waals surface area contributed by atoms with E-state index in [1.165, 1.54) is 11.6 Å². The maximum atomic E-state index is 11.0. The fraction of sp³-hybridized carbons (Fsp3) is 0.256. The second kappa shape index (κ2) is 16.5. The minimum Gasteiger partial charge on any atom is -0.494 e. The van der Waals surface area contributed by atoms with Crippen LogP contribution in [-0.4, -0.2) is 25.8 Å². The summed E-state index contributed by atoms with van der Waals surface area (Å²) in [5.41, 5.74) is 5.12. The fourth-order valence-electron chi connectivity index (χ4n) is 4.54. The SMILES string of the molecule is C=CC(=O)OCCCCCCOc1ccc2cc(C#Cc3ccc(C#Cc4ccc(OCC)cc4)c(CC)c3)ccc2c1. The highest BCUT2D eigenvalue weighted by molar-refractivity contribution is 5.85. The van der Waals surface area contributed by atoms with E-state index in [0.29, 0.717) is 19.8 Å². The van der Waals surface area contributed by atoms with Gasteiger partial charge in [0.05, 0.1) is 19.8 Å². The molecule has 4 heteroatoms. The van der Waals surface area contributed by atoms with E-state index in [1.807, 2.05) is 43.3 Å². The molecule has 0 N–H and O–H groups in total. The lowest BCUT2D eigenvalue weighted by Crippen LogP contribution is -2.02. The number of carbonyl (C=O) groups excluding carboxylic acids is 1. The molecule has 0 fully saturated rings. The quantitative estimate of drug-likeness (QED) is 0.0744. The highest BCUT2D eigenvalue weighted by Gasteiger charge is 2.02. The standard InChI is InChI=1S/C39H38O4/c1-4-33-27-31(14-19-34(33)18-13-30-16-22-37(23-17-30)41-6-3)11-12-32-15-20-36-29-38(24-21-35(36)28-32)42-25-9-7-8-10-26-43-39(40)5-2/h5,14-17,19-24,27-29H,2,4,6-10,25-26H2,1,3H3. The van der Waals surface area contributed by atoms with E-state index in [9.17, 15) is 4.79 Å². The van der Waals surface area contributed by atoms with Crippen LogP contribution >= 0.6 is 0 Å². The molecule has 0 aliphatic carbocycles. The van der Waals surface area contributed by atoms with Crippen LogP contribution in [0.25, 0.3) is 10.8 Å². The summed E-state index contributed by atoms with van der Waals surface area (Å²) in [6, 6.07) is 26.5. The van der Waals surface area contributed by atoms with Crippen molar-refractivity contribution >= 4 is 16.7 Å². The van der Waals surface area contributed by atoms with Gasteiger partial charge in [-0.15, -0.1) is 0 Å². The molecule has 0 aliphatic heterocycles. The smallest absolute Gasteiger partial charge is 0.330 e. The topological polar surface area (TPSA) is 44.8 Å². The van der Waals surface area contributed by atoms with Crippen LogP contribution < -0.4 is 9.47 Å². The van der Waals surface area contributed by atoms with E-state index in [2.05, 4.69) is 79.6 Å². The highest BCUT2D eigenvalue weighted by Crippen LogP contribution is 2.22. The molecule has 4 aromatic carbocycles. The third-order valence-corrected chi connectivity index (χ3v) is 6.87. The summed E-state index contributed by atoms with van der Waals surface area (Å²) in [5.74, 6) is 14.6. The maximum Gasteiger partial charge on any atom is 0.330 e. The van der Waals surface area contributed by atoms with Crippen molar-refractivity contribution in [1.82, 2.24) is 0 Å². The Bertz CT molecular complexity index is 1660. The Hall–Kier alpha value is -4.93. The third-order valence-electron chi connectivity index (χ3n) is 6.87. The Morgan fingerprint density at radius 2 is 1.30 bits per heavy atom. The Morgan fingerprint density at radius 1 is 0.674 bits per heavy atom. The van der Waals surface area contributed by atoms with Gasteiger partial charge in [0.25, 0.3) is 0 Å². The van der Waals surface area contributed by atoms with Crippen molar-refractivity contribution in [2.75, 3.05) is 19.8 Å². The van der Waals surface area contributed by atoms with Gasteiger partial charge in [-0.05, 0) is 122 Å². The molecule has 0 aromatic heterocycles. The van der Waals surface area contributed by atoms with Gasteiger partial charge in [0.2, 0.25) is 0 Å². The van der Waals surface area contributed by atoms with Crippen molar-refractivity contribution in [2.45, 2.75) is 46.0 Å². The molecule has 0 unspecified atom stereocenters. The van der Waals surface area contributed by atoms with Crippen molar-refractivity contribution in [1.29, 1.82) is 0 Å². The van der Waals surface area contributed by atoms with E-state index in [1.54, 1.807) is 0 Å². The van der Waals surface area contributed by atoms with Gasteiger partial charge in [-0.1, -0.05) is 49.3 Å². The molecular formula is C39H38O4. The van der Waals surface area contributed by atoms with Crippen LogP contribution in [0.4, 0.5) is 0 Å². The van der Waals surface area contributed by atoms with Gasteiger partial charge in [0, 0.05) is 28.3 Å². The van der Waals surface area contributed by atoms with Crippen molar-refractivity contribution in [3.05, 3.63) is 119 Å². The number of benzene rings is 4. The Morgan fingerprint density at radius 3 is 2.05 bits per heavy atom. The zero-order valence-corrected chi connectivity index (χ0v) is 25.1. The summed E-state index contributed by atoms with van der Waals surface area (Å²) in [4.78, 5) is 11.0. The van der Waals surface area contributed by atoms with Gasteiger partial charge in [-0.3, -0.25) is 0 Å². The molecule has 0 atom stereocenters. The summed E-state index contributed by atoms with van der Waals surface area (Å²) in [6.07, 6.45) is 5.91. The summed E-state index contributed by atoms with van der Waals surface area (Å²) in [6.45, 7) is 9.26. The van der Waals surface area contributed by atoms with Crippen molar-refractivity contribution in [3.63, 3.8) is 0 Å². The summed E-state index contributed by atoms with van der Waals surface area (Å²) in [7, 11) is 0. The molecular weight excluding hydrogens is 532 g/mol. The number of hydrogen-bond donors (Lipinski definition) is 0. The third kappa shape index (κ3) is 9.84. The molecule has 0 spiro atoms. The number of esters is 1. The second-order valence-electron chi connectivity index (χ2n) is 10.0. The van der Waals surface area contributed by atoms with E-state index < -0.39 is 0 Å². The first-order valence-electron chi connectivity index (χ1n) is 14.9. The summed E-state index contributed by atoms with van der Waals surface area (Å²) in [5, 5.41) is 2.25. The normalized spacial score (nSPS) is 10.2. The number of ether oxygens (including phenoxy) is 3. The first kappa shape index (κ1) is 31.0. The largest absolute Gasteiger partial charge is 0.494 e. The molecule has 4 aromatic rings. The van der Waals surface area contributed by atoms with Crippen LogP contribution in [0, 0.1) is 23.7 Å². The van der Waals surface area contributed by atoms with Crippen LogP contribution in [-0.2, 0) is 16.0 Å². The predicted octanol–water partition coefficient (Wildman–Crippen LogP) is 8.27. The van der Waals surface area contributed by atoms with Gasteiger partial charge in [0.15, 0.2) is 0 Å². The lowest BCUT2D eigenvalue weighted by molar-refractivity contribution is -0.137. The number of fused-ring (bicyclic) bond motifs is 1. The molecule has 0 saturated carbocycles. The summed E-state index contributed by atoms with van der Waals surface area (Å²) >= 11 is 0. The van der Waals surface area contributed by atoms with E-state index in [4.69, 9.17) is 14.2 Å². The number of aryl methyl sites for hydroxylation is 1. The first-order valence-corrected chi connectivity index (χ1v) is 14.9. The van der Waals surface area contributed by atoms with Crippen molar-refractivity contribution in [2.24, 2.45) is 0 Å². The Kier molecular flexibility index (Phi) is 11.9. The molecule has 4 nitrogen and oxygen atoms in total. The van der Waals surface area contributed by atoms with Crippen LogP contribution in [0.15, 0.2) is 91.5 Å². The predicted molar refractivity (Wildman–Crippen MR) is 174 cm³/mol. The molecule has 0 saturated heterocycles. The zero-order valence-electron chi connectivity index (χ0n) is 25.1. The molecule has 0 amide bonds. The molecule has 4 rings (SSSR count). The molecule has 0 radical (unpaired) electrons. The van der Waals surface area contributed by atoms with Crippen LogP contribution in [0.5, 0.6) is 11.5 Å². The van der Waals surface area contributed by atoms with Gasteiger partial charge < -0.3 is 14.2 Å². The maximum absolute atomic E-state index is 11.0. The molecule has 0 heterocycles. The van der Waals surface area contributed by atoms with Gasteiger partial charge >= 0.3 is 5.97 Å². The van der Waals surface area contributed by atoms with Crippen molar-refractivity contribution < 1.29 is 19.0 Å². The minimum atomic E-state index is -0.363. The second-order valence-corrected chi connectivity index (χ2v) is 10.0. The summed E-state index contributed by atoms with van der Waals surface area (Å²) < 4.78 is 16.5. The fourth-order valence-corrected chi connectivity index (χ4v) is 4.54. The number of rotatable bonds is 12. The van der Waals surface area contributed by atoms with E-state index >= 15 is 0 Å².